The molecule has 0 amide bonds. The second kappa shape index (κ2) is 4.70. The maximum absolute atomic E-state index is 5.78. The Bertz CT molecular complexity index is 465. The normalized spacial score (nSPS) is 10.3. The number of aryl methyl sites for hydroxylation is 1. The monoisotopic (exact) mass is 217 g/mol. The average molecular weight is 217 g/mol. The van der Waals surface area contributed by atoms with Gasteiger partial charge in [0.1, 0.15) is 12.4 Å². The maximum Gasteiger partial charge on any atom is 0.142 e. The third-order valence-corrected chi connectivity index (χ3v) is 2.43. The maximum atomic E-state index is 5.78. The molecular weight excluding hydrogens is 202 g/mol. The first-order valence-corrected chi connectivity index (χ1v) is 5.27. The van der Waals surface area contributed by atoms with Crippen molar-refractivity contribution in [1.29, 1.82) is 0 Å². The number of para-hydroxylation sites is 2. The van der Waals surface area contributed by atoms with Gasteiger partial charge in [0.2, 0.25) is 0 Å². The van der Waals surface area contributed by atoms with Gasteiger partial charge in [-0.3, -0.25) is 0 Å². The summed E-state index contributed by atoms with van der Waals surface area (Å²) >= 11 is 0. The zero-order valence-corrected chi connectivity index (χ0v) is 9.26. The number of benzene rings is 1. The molecule has 0 saturated carbocycles. The van der Waals surface area contributed by atoms with E-state index in [2.05, 4.69) is 11.9 Å². The van der Waals surface area contributed by atoms with Crippen LogP contribution in [-0.4, -0.2) is 9.55 Å². The van der Waals surface area contributed by atoms with Crippen molar-refractivity contribution in [2.45, 2.75) is 20.1 Å². The highest BCUT2D eigenvalue weighted by Crippen LogP contribution is 2.20. The fraction of sp³-hybridized carbons (Fsp3) is 0.250. The number of nitrogens with two attached hydrogens (primary N) is 1. The molecule has 2 N–H and O–H groups in total. The smallest absolute Gasteiger partial charge is 0.142 e. The molecule has 16 heavy (non-hydrogen) atoms. The molecule has 0 saturated heterocycles. The Kier molecular flexibility index (Phi) is 3.10. The summed E-state index contributed by atoms with van der Waals surface area (Å²) in [5.41, 5.74) is 7.49. The van der Waals surface area contributed by atoms with Crippen LogP contribution in [0.25, 0.3) is 0 Å². The summed E-state index contributed by atoms with van der Waals surface area (Å²) in [6.45, 7) is 3.45. The predicted molar refractivity (Wildman–Crippen MR) is 63.1 cm³/mol. The largest absolute Gasteiger partial charge is 0.485 e. The van der Waals surface area contributed by atoms with Crippen molar-refractivity contribution in [2.75, 3.05) is 5.73 Å². The number of anilines is 1. The third kappa shape index (κ3) is 2.16. The molecule has 0 bridgehead atoms. The van der Waals surface area contributed by atoms with E-state index >= 15 is 0 Å². The molecule has 0 aliphatic carbocycles. The standard InChI is InChI=1S/C12H15N3O/c1-2-15-9-14-7-10(15)8-16-12-6-4-3-5-11(12)13/h3-7,9H,2,8,13H2,1H3. The molecule has 0 radical (unpaired) electrons. The van der Waals surface area contributed by atoms with E-state index in [-0.39, 0.29) is 0 Å². The van der Waals surface area contributed by atoms with Crippen LogP contribution < -0.4 is 10.5 Å². The third-order valence-electron chi connectivity index (χ3n) is 2.43. The van der Waals surface area contributed by atoms with Crippen LogP contribution in [0.2, 0.25) is 0 Å². The van der Waals surface area contributed by atoms with Crippen LogP contribution >= 0.6 is 0 Å². The molecule has 0 aliphatic heterocycles. The Hall–Kier alpha value is -1.97. The molecule has 0 unspecified atom stereocenters. The van der Waals surface area contributed by atoms with Crippen LogP contribution in [0.15, 0.2) is 36.8 Å². The summed E-state index contributed by atoms with van der Waals surface area (Å²) in [7, 11) is 0. The fourth-order valence-electron chi connectivity index (χ4n) is 1.52. The first kappa shape index (κ1) is 10.5. The van der Waals surface area contributed by atoms with E-state index in [0.29, 0.717) is 18.0 Å². The van der Waals surface area contributed by atoms with Gasteiger partial charge in [-0.1, -0.05) is 12.1 Å². The molecule has 1 heterocycles. The molecule has 4 heteroatoms. The average Bonchev–Trinajstić information content (AvgIpc) is 2.75. The minimum absolute atomic E-state index is 0.488. The number of ether oxygens (including phenoxy) is 1. The fourth-order valence-corrected chi connectivity index (χ4v) is 1.52. The van der Waals surface area contributed by atoms with E-state index in [1.165, 1.54) is 0 Å². The van der Waals surface area contributed by atoms with Gasteiger partial charge in [0, 0.05) is 6.54 Å². The Morgan fingerprint density at radius 3 is 2.94 bits per heavy atom. The Labute approximate surface area is 94.7 Å². The van der Waals surface area contributed by atoms with E-state index in [0.717, 1.165) is 12.2 Å². The number of hydrogen-bond acceptors (Lipinski definition) is 3. The van der Waals surface area contributed by atoms with Gasteiger partial charge in [0.25, 0.3) is 0 Å². The highest BCUT2D eigenvalue weighted by atomic mass is 16.5. The number of aromatic nitrogens is 2. The van der Waals surface area contributed by atoms with Crippen LogP contribution in [0, 0.1) is 0 Å². The van der Waals surface area contributed by atoms with E-state index in [1.807, 2.05) is 35.0 Å². The lowest BCUT2D eigenvalue weighted by Gasteiger charge is -2.09. The minimum atomic E-state index is 0.488. The van der Waals surface area contributed by atoms with Crippen molar-refractivity contribution in [3.63, 3.8) is 0 Å². The Morgan fingerprint density at radius 1 is 1.38 bits per heavy atom. The molecule has 0 fully saturated rings. The van der Waals surface area contributed by atoms with Crippen molar-refractivity contribution in [1.82, 2.24) is 9.55 Å². The zero-order chi connectivity index (χ0) is 11.4. The van der Waals surface area contributed by atoms with E-state index in [1.54, 1.807) is 6.33 Å². The quantitative estimate of drug-likeness (QED) is 0.797. The lowest BCUT2D eigenvalue weighted by molar-refractivity contribution is 0.297. The SMILES string of the molecule is CCn1cncc1COc1ccccc1N. The molecule has 2 rings (SSSR count). The van der Waals surface area contributed by atoms with Gasteiger partial charge >= 0.3 is 0 Å². The molecule has 2 aromatic rings. The highest BCUT2D eigenvalue weighted by molar-refractivity contribution is 5.51. The highest BCUT2D eigenvalue weighted by Gasteiger charge is 2.03. The van der Waals surface area contributed by atoms with E-state index in [9.17, 15) is 0 Å². The second-order valence-corrected chi connectivity index (χ2v) is 3.50. The van der Waals surface area contributed by atoms with Gasteiger partial charge < -0.3 is 15.0 Å². The minimum Gasteiger partial charge on any atom is -0.485 e. The number of hydrogen-bond donors (Lipinski definition) is 1. The summed E-state index contributed by atoms with van der Waals surface area (Å²) in [6.07, 6.45) is 3.61. The van der Waals surface area contributed by atoms with Crippen LogP contribution in [0.4, 0.5) is 5.69 Å². The van der Waals surface area contributed by atoms with Crippen LogP contribution in [0.5, 0.6) is 5.75 Å². The molecule has 0 aliphatic rings. The number of nitrogens with zero attached hydrogens (tertiary/aromatic N) is 2. The summed E-state index contributed by atoms with van der Waals surface area (Å²) in [5.74, 6) is 0.714. The molecular formula is C12H15N3O. The molecule has 1 aromatic carbocycles. The van der Waals surface area contributed by atoms with Crippen molar-refractivity contribution >= 4 is 5.69 Å². The summed E-state index contributed by atoms with van der Waals surface area (Å²) in [5, 5.41) is 0. The molecule has 1 aromatic heterocycles. The van der Waals surface area contributed by atoms with Gasteiger partial charge in [0.05, 0.1) is 23.9 Å². The number of rotatable bonds is 4. The van der Waals surface area contributed by atoms with Gasteiger partial charge in [-0.15, -0.1) is 0 Å². The Morgan fingerprint density at radius 2 is 2.19 bits per heavy atom. The summed E-state index contributed by atoms with van der Waals surface area (Å²) in [4.78, 5) is 4.08. The zero-order valence-electron chi connectivity index (χ0n) is 9.26. The van der Waals surface area contributed by atoms with Crippen molar-refractivity contribution < 1.29 is 4.74 Å². The van der Waals surface area contributed by atoms with Crippen LogP contribution in [0.3, 0.4) is 0 Å². The number of imidazole rings is 1. The van der Waals surface area contributed by atoms with Gasteiger partial charge in [-0.25, -0.2) is 4.98 Å². The van der Waals surface area contributed by atoms with E-state index in [4.69, 9.17) is 10.5 Å². The first-order valence-electron chi connectivity index (χ1n) is 5.27. The van der Waals surface area contributed by atoms with Gasteiger partial charge in [0.15, 0.2) is 0 Å². The topological polar surface area (TPSA) is 53.1 Å². The van der Waals surface area contributed by atoms with E-state index < -0.39 is 0 Å². The molecule has 0 spiro atoms. The van der Waals surface area contributed by atoms with Gasteiger partial charge in [-0.05, 0) is 19.1 Å². The second-order valence-electron chi connectivity index (χ2n) is 3.50. The molecule has 84 valence electrons. The van der Waals surface area contributed by atoms with Crippen LogP contribution in [-0.2, 0) is 13.2 Å². The first-order chi connectivity index (χ1) is 7.81. The van der Waals surface area contributed by atoms with Gasteiger partial charge in [-0.2, -0.15) is 0 Å². The molecule has 0 atom stereocenters. The Balaban J connectivity index is 2.05. The number of nitrogen functional groups attached to an aromatic ring is 1. The molecule has 4 nitrogen and oxygen atoms in total. The van der Waals surface area contributed by atoms with Crippen LogP contribution in [0.1, 0.15) is 12.6 Å². The predicted octanol–water partition coefficient (Wildman–Crippen LogP) is 2.06. The summed E-state index contributed by atoms with van der Waals surface area (Å²) < 4.78 is 7.68. The van der Waals surface area contributed by atoms with Crippen molar-refractivity contribution in [3.8, 4) is 5.75 Å². The summed E-state index contributed by atoms with van der Waals surface area (Å²) in [6, 6.07) is 7.48. The lowest BCUT2D eigenvalue weighted by atomic mass is 10.3. The van der Waals surface area contributed by atoms with Crippen molar-refractivity contribution in [3.05, 3.63) is 42.5 Å². The lowest BCUT2D eigenvalue weighted by Crippen LogP contribution is -2.04. The van der Waals surface area contributed by atoms with Crippen molar-refractivity contribution in [2.24, 2.45) is 0 Å².